The minimum Gasteiger partial charge on any atom is -0.378 e. The smallest absolute Gasteiger partial charge is 0.221 e. The van der Waals surface area contributed by atoms with Gasteiger partial charge in [0.1, 0.15) is 11.5 Å². The van der Waals surface area contributed by atoms with E-state index in [0.29, 0.717) is 18.2 Å². The number of benzene rings is 1. The Morgan fingerprint density at radius 3 is 2.77 bits per heavy atom. The number of hydrogen-bond donors (Lipinski definition) is 2. The fraction of sp³-hybridized carbons (Fsp3) is 0.227. The van der Waals surface area contributed by atoms with E-state index in [4.69, 9.17) is 32.0 Å². The largest absolute Gasteiger partial charge is 0.378 e. The number of rotatable bonds is 4. The van der Waals surface area contributed by atoms with Crippen molar-refractivity contribution in [1.82, 2.24) is 15.0 Å². The highest BCUT2D eigenvalue weighted by molar-refractivity contribution is 6.30. The minimum atomic E-state index is -0.403. The Labute approximate surface area is 177 Å². The van der Waals surface area contributed by atoms with Gasteiger partial charge in [0.25, 0.3) is 0 Å². The third-order valence-electron chi connectivity index (χ3n) is 5.30. The van der Waals surface area contributed by atoms with Gasteiger partial charge in [0.15, 0.2) is 0 Å². The predicted octanol–water partition coefficient (Wildman–Crippen LogP) is 3.30. The molecule has 4 aromatic rings. The quantitative estimate of drug-likeness (QED) is 0.527. The molecule has 1 aliphatic heterocycles. The van der Waals surface area contributed by atoms with Crippen LogP contribution < -0.4 is 10.6 Å². The van der Waals surface area contributed by atoms with E-state index in [2.05, 4.69) is 9.88 Å². The molecule has 0 radical (unpaired) electrons. The van der Waals surface area contributed by atoms with E-state index in [1.807, 2.05) is 42.5 Å². The average molecular weight is 422 g/mol. The Kier molecular flexibility index (Phi) is 4.77. The highest BCUT2D eigenvalue weighted by Gasteiger charge is 2.18. The standard InChI is InChI=1S/C22H20ClN5O2/c23-15-3-1-2-13(10-15)17-11-14(12-18(24)29)20-21(25-17)16-4-5-19(26-22(16)27-20)28-6-8-30-9-7-28/h1-5,10-11H,6-9,12H2,(H2,24,29)(H,26,27). The molecule has 0 atom stereocenters. The number of nitrogens with one attached hydrogen (secondary N) is 1. The average Bonchev–Trinajstić information content (AvgIpc) is 3.12. The number of hydrogen-bond acceptors (Lipinski definition) is 5. The molecule has 4 heterocycles. The maximum atomic E-state index is 11.7. The van der Waals surface area contributed by atoms with Crippen LogP contribution in [0, 0.1) is 0 Å². The van der Waals surface area contributed by atoms with Crippen molar-refractivity contribution in [3.63, 3.8) is 0 Å². The van der Waals surface area contributed by atoms with E-state index in [9.17, 15) is 4.79 Å². The van der Waals surface area contributed by atoms with Crippen LogP contribution in [0.15, 0.2) is 42.5 Å². The molecule has 1 fully saturated rings. The number of H-pyrrole nitrogens is 1. The summed E-state index contributed by atoms with van der Waals surface area (Å²) in [6.07, 6.45) is 0.107. The number of aromatic amines is 1. The molecule has 1 saturated heterocycles. The molecule has 0 spiro atoms. The highest BCUT2D eigenvalue weighted by atomic mass is 35.5. The van der Waals surface area contributed by atoms with Crippen LogP contribution in [0.5, 0.6) is 0 Å². The van der Waals surface area contributed by atoms with Crippen LogP contribution in [0.4, 0.5) is 5.82 Å². The van der Waals surface area contributed by atoms with E-state index >= 15 is 0 Å². The van der Waals surface area contributed by atoms with Gasteiger partial charge in [-0.05, 0) is 35.9 Å². The number of nitrogens with zero attached hydrogens (tertiary/aromatic N) is 3. The zero-order valence-electron chi connectivity index (χ0n) is 16.2. The van der Waals surface area contributed by atoms with Gasteiger partial charge >= 0.3 is 0 Å². The maximum absolute atomic E-state index is 11.7. The fourth-order valence-electron chi connectivity index (χ4n) is 3.88. The van der Waals surface area contributed by atoms with Crippen LogP contribution in [0.1, 0.15) is 5.56 Å². The molecule has 0 bridgehead atoms. The number of halogens is 1. The molecule has 7 nitrogen and oxygen atoms in total. The number of carbonyl (C=O) groups is 1. The van der Waals surface area contributed by atoms with Crippen LogP contribution >= 0.6 is 11.6 Å². The van der Waals surface area contributed by atoms with Crippen molar-refractivity contribution < 1.29 is 9.53 Å². The van der Waals surface area contributed by atoms with Gasteiger partial charge in [-0.3, -0.25) is 4.79 Å². The summed E-state index contributed by atoms with van der Waals surface area (Å²) >= 11 is 6.17. The molecule has 1 amide bonds. The summed E-state index contributed by atoms with van der Waals surface area (Å²) in [5.74, 6) is 0.490. The van der Waals surface area contributed by atoms with Crippen molar-refractivity contribution in [2.45, 2.75) is 6.42 Å². The topological polar surface area (TPSA) is 97.1 Å². The van der Waals surface area contributed by atoms with Gasteiger partial charge in [-0.2, -0.15) is 0 Å². The van der Waals surface area contributed by atoms with Crippen molar-refractivity contribution in [3.05, 3.63) is 53.1 Å². The molecule has 0 unspecified atom stereocenters. The lowest BCUT2D eigenvalue weighted by molar-refractivity contribution is -0.117. The fourth-order valence-corrected chi connectivity index (χ4v) is 4.07. The first-order chi connectivity index (χ1) is 14.6. The summed E-state index contributed by atoms with van der Waals surface area (Å²) in [7, 11) is 0. The van der Waals surface area contributed by atoms with Gasteiger partial charge in [0.2, 0.25) is 5.91 Å². The van der Waals surface area contributed by atoms with E-state index in [0.717, 1.165) is 57.8 Å². The number of pyridine rings is 2. The van der Waals surface area contributed by atoms with Crippen molar-refractivity contribution in [1.29, 1.82) is 0 Å². The summed E-state index contributed by atoms with van der Waals surface area (Å²) in [5, 5.41) is 1.53. The first-order valence-electron chi connectivity index (χ1n) is 9.78. The van der Waals surface area contributed by atoms with Gasteiger partial charge < -0.3 is 20.4 Å². The third kappa shape index (κ3) is 3.46. The zero-order valence-corrected chi connectivity index (χ0v) is 16.9. The summed E-state index contributed by atoms with van der Waals surface area (Å²) in [6, 6.07) is 13.4. The first-order valence-corrected chi connectivity index (χ1v) is 10.2. The molecule has 3 aromatic heterocycles. The normalized spacial score (nSPS) is 14.5. The number of aromatic nitrogens is 3. The molecular formula is C22H20ClN5O2. The van der Waals surface area contributed by atoms with Crippen molar-refractivity contribution in [3.8, 4) is 11.3 Å². The van der Waals surface area contributed by atoms with Gasteiger partial charge in [-0.15, -0.1) is 0 Å². The van der Waals surface area contributed by atoms with Crippen molar-refractivity contribution >= 4 is 45.4 Å². The lowest BCUT2D eigenvalue weighted by atomic mass is 10.0. The van der Waals surface area contributed by atoms with E-state index in [1.54, 1.807) is 0 Å². The predicted molar refractivity (Wildman–Crippen MR) is 118 cm³/mol. The summed E-state index contributed by atoms with van der Waals surface area (Å²) in [6.45, 7) is 3.01. The number of amides is 1. The SMILES string of the molecule is NC(=O)Cc1cc(-c2cccc(Cl)c2)nc2c1[nH]c1nc(N3CCOCC3)ccc12. The summed E-state index contributed by atoms with van der Waals surface area (Å²) in [4.78, 5) is 27.0. The molecule has 5 rings (SSSR count). The van der Waals surface area contributed by atoms with Crippen LogP contribution in [0.2, 0.25) is 5.02 Å². The second-order valence-corrected chi connectivity index (χ2v) is 7.77. The first kappa shape index (κ1) is 18.8. The van der Waals surface area contributed by atoms with Gasteiger partial charge in [0, 0.05) is 29.1 Å². The lowest BCUT2D eigenvalue weighted by Gasteiger charge is -2.27. The molecule has 0 saturated carbocycles. The lowest BCUT2D eigenvalue weighted by Crippen LogP contribution is -2.36. The Morgan fingerprint density at radius 2 is 2.00 bits per heavy atom. The maximum Gasteiger partial charge on any atom is 0.221 e. The number of carbonyl (C=O) groups excluding carboxylic acids is 1. The number of nitrogens with two attached hydrogens (primary N) is 1. The molecule has 8 heteroatoms. The number of primary amides is 1. The molecule has 0 aliphatic carbocycles. The Hall–Kier alpha value is -3.16. The van der Waals surface area contributed by atoms with E-state index in [-0.39, 0.29) is 6.42 Å². The van der Waals surface area contributed by atoms with Crippen LogP contribution in [-0.4, -0.2) is 47.2 Å². The molecule has 1 aliphatic rings. The minimum absolute atomic E-state index is 0.107. The molecular weight excluding hydrogens is 402 g/mol. The molecule has 152 valence electrons. The summed E-state index contributed by atoms with van der Waals surface area (Å²) < 4.78 is 5.43. The number of morpholine rings is 1. The Bertz CT molecular complexity index is 1260. The van der Waals surface area contributed by atoms with Crippen molar-refractivity contribution in [2.24, 2.45) is 5.73 Å². The van der Waals surface area contributed by atoms with Gasteiger partial charge in [-0.1, -0.05) is 23.7 Å². The van der Waals surface area contributed by atoms with Gasteiger partial charge in [0.05, 0.1) is 36.4 Å². The van der Waals surface area contributed by atoms with Crippen LogP contribution in [0.25, 0.3) is 33.3 Å². The van der Waals surface area contributed by atoms with Crippen LogP contribution in [-0.2, 0) is 16.0 Å². The monoisotopic (exact) mass is 421 g/mol. The molecule has 3 N–H and O–H groups in total. The van der Waals surface area contributed by atoms with Crippen molar-refractivity contribution in [2.75, 3.05) is 31.2 Å². The number of anilines is 1. The third-order valence-corrected chi connectivity index (χ3v) is 5.54. The van der Waals surface area contributed by atoms with Crippen LogP contribution in [0.3, 0.4) is 0 Å². The van der Waals surface area contributed by atoms with Gasteiger partial charge in [-0.25, -0.2) is 9.97 Å². The number of ether oxygens (including phenoxy) is 1. The second kappa shape index (κ2) is 7.59. The Balaban J connectivity index is 1.69. The van der Waals surface area contributed by atoms with E-state index < -0.39 is 5.91 Å². The molecule has 1 aromatic carbocycles. The number of fused-ring (bicyclic) bond motifs is 3. The molecule has 30 heavy (non-hydrogen) atoms. The highest BCUT2D eigenvalue weighted by Crippen LogP contribution is 2.31. The zero-order chi connectivity index (χ0) is 20.7. The van der Waals surface area contributed by atoms with E-state index in [1.165, 1.54) is 0 Å². The summed E-state index contributed by atoms with van der Waals surface area (Å²) in [5.41, 5.74) is 10.2. The Morgan fingerprint density at radius 1 is 1.17 bits per heavy atom. The second-order valence-electron chi connectivity index (χ2n) is 7.33.